The lowest BCUT2D eigenvalue weighted by atomic mass is 9.94. The van der Waals surface area contributed by atoms with Gasteiger partial charge in [-0.05, 0) is 51.2 Å². The lowest BCUT2D eigenvalue weighted by Gasteiger charge is -2.22. The lowest BCUT2D eigenvalue weighted by Crippen LogP contribution is -2.35. The first-order valence-electron chi connectivity index (χ1n) is 7.44. The van der Waals surface area contributed by atoms with Crippen LogP contribution in [-0.2, 0) is 14.6 Å². The molecule has 22 heavy (non-hydrogen) atoms. The first kappa shape index (κ1) is 16.7. The Morgan fingerprint density at radius 3 is 2.27 bits per heavy atom. The molecule has 1 aromatic carbocycles. The predicted molar refractivity (Wildman–Crippen MR) is 84.1 cm³/mol. The third-order valence-corrected chi connectivity index (χ3v) is 6.99. The number of hydrogen-bond acceptors (Lipinski definition) is 4. The molecule has 1 aromatic rings. The van der Waals surface area contributed by atoms with Crippen LogP contribution in [0.1, 0.15) is 36.5 Å². The zero-order valence-electron chi connectivity index (χ0n) is 13.4. The van der Waals surface area contributed by atoms with E-state index in [4.69, 9.17) is 5.26 Å². The molecule has 0 heterocycles. The van der Waals surface area contributed by atoms with Gasteiger partial charge in [0.05, 0.1) is 11.0 Å². The van der Waals surface area contributed by atoms with E-state index >= 15 is 0 Å². The molecule has 0 aromatic heterocycles. The number of nitriles is 1. The molecule has 1 fully saturated rings. The summed E-state index contributed by atoms with van der Waals surface area (Å²) in [5.41, 5.74) is 2.33. The van der Waals surface area contributed by atoms with Crippen LogP contribution in [0.2, 0.25) is 0 Å². The van der Waals surface area contributed by atoms with Gasteiger partial charge in [0, 0.05) is 12.3 Å². The average Bonchev–Trinajstić information content (AvgIpc) is 2.78. The molecule has 1 aliphatic carbocycles. The number of ketones is 1. The van der Waals surface area contributed by atoms with Crippen molar-refractivity contribution in [2.75, 3.05) is 0 Å². The van der Waals surface area contributed by atoms with Gasteiger partial charge in [0.1, 0.15) is 5.25 Å². The predicted octanol–water partition coefficient (Wildman–Crippen LogP) is 2.89. The van der Waals surface area contributed by atoms with Crippen molar-refractivity contribution in [2.45, 2.75) is 50.7 Å². The molecule has 5 heteroatoms. The second kappa shape index (κ2) is 5.85. The van der Waals surface area contributed by atoms with E-state index < -0.39 is 26.9 Å². The maximum absolute atomic E-state index is 13.1. The molecule has 0 bridgehead atoms. The van der Waals surface area contributed by atoms with Gasteiger partial charge < -0.3 is 0 Å². The molecule has 0 N–H and O–H groups in total. The summed E-state index contributed by atoms with van der Waals surface area (Å²) in [4.78, 5) is 12.5. The van der Waals surface area contributed by atoms with Crippen LogP contribution in [0, 0.1) is 43.9 Å². The minimum Gasteiger partial charge on any atom is -0.298 e. The van der Waals surface area contributed by atoms with Crippen molar-refractivity contribution in [1.82, 2.24) is 0 Å². The third kappa shape index (κ3) is 2.68. The Morgan fingerprint density at radius 1 is 1.23 bits per heavy atom. The van der Waals surface area contributed by atoms with E-state index in [2.05, 4.69) is 6.07 Å². The van der Waals surface area contributed by atoms with Gasteiger partial charge in [-0.1, -0.05) is 17.7 Å². The summed E-state index contributed by atoms with van der Waals surface area (Å²) >= 11 is 0. The Hall–Kier alpha value is -1.67. The van der Waals surface area contributed by atoms with Gasteiger partial charge in [-0.3, -0.25) is 4.79 Å². The van der Waals surface area contributed by atoms with Crippen molar-refractivity contribution < 1.29 is 13.2 Å². The molecule has 0 radical (unpaired) electrons. The molecule has 0 aliphatic heterocycles. The highest BCUT2D eigenvalue weighted by Gasteiger charge is 2.47. The number of benzene rings is 1. The summed E-state index contributed by atoms with van der Waals surface area (Å²) in [6, 6.07) is 5.75. The highest BCUT2D eigenvalue weighted by atomic mass is 32.2. The van der Waals surface area contributed by atoms with Crippen LogP contribution in [0.25, 0.3) is 0 Å². The largest absolute Gasteiger partial charge is 0.298 e. The van der Waals surface area contributed by atoms with E-state index in [1.54, 1.807) is 20.8 Å². The third-order valence-electron chi connectivity index (χ3n) is 4.50. The van der Waals surface area contributed by atoms with Crippen molar-refractivity contribution in [3.63, 3.8) is 0 Å². The van der Waals surface area contributed by atoms with Crippen molar-refractivity contribution >= 4 is 15.6 Å². The summed E-state index contributed by atoms with van der Waals surface area (Å²) in [6.07, 6.45) is 0.714. The molecule has 0 amide bonds. The lowest BCUT2D eigenvalue weighted by molar-refractivity contribution is -0.117. The van der Waals surface area contributed by atoms with Gasteiger partial charge in [0.15, 0.2) is 15.6 Å². The fraction of sp³-hybridized carbons (Fsp3) is 0.529. The Morgan fingerprint density at radius 2 is 1.77 bits per heavy atom. The fourth-order valence-corrected chi connectivity index (χ4v) is 6.16. The molecule has 0 unspecified atom stereocenters. The van der Waals surface area contributed by atoms with Crippen LogP contribution < -0.4 is 0 Å². The van der Waals surface area contributed by atoms with Gasteiger partial charge in [0.25, 0.3) is 0 Å². The number of carbonyl (C=O) groups is 1. The Bertz CT molecular complexity index is 736. The quantitative estimate of drug-likeness (QED) is 0.858. The number of nitrogens with zero attached hydrogens (tertiary/aromatic N) is 1. The molecule has 4 nitrogen and oxygen atoms in total. The number of Topliss-reactive ketones (excluding diaryl/α,β-unsaturated/α-hetero) is 1. The zero-order chi connectivity index (χ0) is 16.7. The molecule has 2 rings (SSSR count). The van der Waals surface area contributed by atoms with Crippen LogP contribution >= 0.6 is 0 Å². The van der Waals surface area contributed by atoms with Crippen LogP contribution in [0.4, 0.5) is 0 Å². The Balaban J connectivity index is 2.59. The van der Waals surface area contributed by atoms with E-state index in [1.807, 2.05) is 19.1 Å². The number of carbonyl (C=O) groups excluding carboxylic acids is 1. The van der Waals surface area contributed by atoms with E-state index in [0.29, 0.717) is 17.5 Å². The average molecular weight is 319 g/mol. The monoisotopic (exact) mass is 319 g/mol. The molecular weight excluding hydrogens is 298 g/mol. The Kier molecular flexibility index (Phi) is 4.44. The number of aryl methyl sites for hydroxylation is 3. The smallest absolute Gasteiger partial charge is 0.189 e. The van der Waals surface area contributed by atoms with Crippen molar-refractivity contribution in [2.24, 2.45) is 11.8 Å². The van der Waals surface area contributed by atoms with Crippen LogP contribution in [-0.4, -0.2) is 19.5 Å². The summed E-state index contributed by atoms with van der Waals surface area (Å²) in [5.74, 6) is -1.12. The zero-order valence-corrected chi connectivity index (χ0v) is 14.2. The summed E-state index contributed by atoms with van der Waals surface area (Å²) in [6.45, 7) is 7.13. The second-order valence-corrected chi connectivity index (χ2v) is 8.29. The van der Waals surface area contributed by atoms with E-state index in [-0.39, 0.29) is 17.1 Å². The minimum absolute atomic E-state index is 0.241. The van der Waals surface area contributed by atoms with E-state index in [1.165, 1.54) is 0 Å². The summed E-state index contributed by atoms with van der Waals surface area (Å²) in [5, 5.41) is 8.04. The van der Waals surface area contributed by atoms with Gasteiger partial charge >= 0.3 is 0 Å². The normalized spacial score (nSPS) is 23.3. The molecule has 3 atom stereocenters. The SMILES string of the molecule is Cc1cc(C)c(S(=O)(=O)[C@@H]2C(=O)CC[C@H]2[C@@H](C)C#N)c(C)c1. The molecule has 0 saturated heterocycles. The first-order valence-corrected chi connectivity index (χ1v) is 8.99. The van der Waals surface area contributed by atoms with Gasteiger partial charge in [-0.2, -0.15) is 5.26 Å². The Labute approximate surface area is 132 Å². The van der Waals surface area contributed by atoms with Crippen LogP contribution in [0.3, 0.4) is 0 Å². The first-order chi connectivity index (χ1) is 10.2. The van der Waals surface area contributed by atoms with E-state index in [0.717, 1.165) is 5.56 Å². The van der Waals surface area contributed by atoms with Gasteiger partial charge in [0.2, 0.25) is 0 Å². The maximum Gasteiger partial charge on any atom is 0.189 e. The summed E-state index contributed by atoms with van der Waals surface area (Å²) in [7, 11) is -3.77. The topological polar surface area (TPSA) is 75.0 Å². The number of sulfone groups is 1. The minimum atomic E-state index is -3.77. The van der Waals surface area contributed by atoms with Crippen LogP contribution in [0.15, 0.2) is 17.0 Å². The molecule has 0 spiro atoms. The van der Waals surface area contributed by atoms with Gasteiger partial charge in [-0.25, -0.2) is 8.42 Å². The summed E-state index contributed by atoms with van der Waals surface area (Å²) < 4.78 is 26.2. The van der Waals surface area contributed by atoms with Crippen molar-refractivity contribution in [3.05, 3.63) is 28.8 Å². The van der Waals surface area contributed by atoms with Crippen molar-refractivity contribution in [3.8, 4) is 6.07 Å². The number of hydrogen-bond donors (Lipinski definition) is 0. The maximum atomic E-state index is 13.1. The molecule has 1 saturated carbocycles. The number of rotatable bonds is 3. The highest BCUT2D eigenvalue weighted by molar-refractivity contribution is 7.93. The standard InChI is InChI=1S/C17H21NO3S/c1-10-7-11(2)16(12(3)8-10)22(20,21)17-14(13(4)9-18)5-6-15(17)19/h7-8,13-14,17H,5-6H2,1-4H3/t13-,14-,17-/m0/s1. The van der Waals surface area contributed by atoms with E-state index in [9.17, 15) is 13.2 Å². The molecule has 1 aliphatic rings. The van der Waals surface area contributed by atoms with Crippen LogP contribution in [0.5, 0.6) is 0 Å². The highest BCUT2D eigenvalue weighted by Crippen LogP contribution is 2.38. The molecule has 118 valence electrons. The van der Waals surface area contributed by atoms with Gasteiger partial charge in [-0.15, -0.1) is 0 Å². The fourth-order valence-electron chi connectivity index (χ4n) is 3.59. The molecular formula is C17H21NO3S. The second-order valence-electron chi connectivity index (χ2n) is 6.28. The van der Waals surface area contributed by atoms with Crippen molar-refractivity contribution in [1.29, 1.82) is 5.26 Å².